The first-order chi connectivity index (χ1) is 8.63. The maximum absolute atomic E-state index is 12.2. The number of carbonyl (C=O) groups is 1. The summed E-state index contributed by atoms with van der Waals surface area (Å²) in [5, 5.41) is 4.42. The van der Waals surface area contributed by atoms with Crippen molar-refractivity contribution in [3.8, 4) is 0 Å². The summed E-state index contributed by atoms with van der Waals surface area (Å²) < 4.78 is 5.34. The summed E-state index contributed by atoms with van der Waals surface area (Å²) in [6.07, 6.45) is -0.471. The lowest BCUT2D eigenvalue weighted by Crippen LogP contribution is -2.28. The molecule has 1 heterocycles. The Bertz CT molecular complexity index is 470. The van der Waals surface area contributed by atoms with Gasteiger partial charge in [-0.1, -0.05) is 23.7 Å². The van der Waals surface area contributed by atoms with Crippen LogP contribution in [0.25, 0.3) is 0 Å². The highest BCUT2D eigenvalue weighted by atomic mass is 35.5. The zero-order chi connectivity index (χ0) is 13.1. The van der Waals surface area contributed by atoms with E-state index in [9.17, 15) is 4.79 Å². The van der Waals surface area contributed by atoms with Gasteiger partial charge in [0.25, 0.3) is 0 Å². The molecule has 0 fully saturated rings. The van der Waals surface area contributed by atoms with E-state index in [4.69, 9.17) is 21.2 Å². The van der Waals surface area contributed by atoms with Crippen LogP contribution in [0.3, 0.4) is 0 Å². The number of rotatable bonds is 4. The third-order valence-electron chi connectivity index (χ3n) is 2.76. The molecule has 4 nitrogen and oxygen atoms in total. The lowest BCUT2D eigenvalue weighted by Gasteiger charge is -2.13. The molecule has 1 aromatic carbocycles. The fraction of sp³-hybridized carbons (Fsp3) is 0.385. The molecule has 96 valence electrons. The van der Waals surface area contributed by atoms with E-state index in [1.54, 1.807) is 24.3 Å². The number of hydrogen-bond donors (Lipinski definition) is 0. The first-order valence-corrected chi connectivity index (χ1v) is 6.17. The molecule has 0 bridgehead atoms. The van der Waals surface area contributed by atoms with Gasteiger partial charge in [-0.25, -0.2) is 0 Å². The van der Waals surface area contributed by atoms with E-state index in [1.165, 1.54) is 0 Å². The van der Waals surface area contributed by atoms with Gasteiger partial charge in [0.05, 0.1) is 5.92 Å². The minimum atomic E-state index is -0.471. The summed E-state index contributed by atoms with van der Waals surface area (Å²) in [7, 11) is 0. The molecule has 1 aliphatic rings. The Balaban J connectivity index is 2.13. The molecule has 0 aliphatic carbocycles. The van der Waals surface area contributed by atoms with Gasteiger partial charge in [-0.15, -0.1) is 0 Å². The van der Waals surface area contributed by atoms with Crippen molar-refractivity contribution in [2.24, 2.45) is 11.1 Å². The van der Waals surface area contributed by atoms with Crippen LogP contribution < -0.4 is 0 Å². The number of hydrogen-bond acceptors (Lipinski definition) is 4. The SMILES string of the molecule is CCOC1ON=C(C(=O)c2ccc(Cl)cc2)C1C. The largest absolute Gasteiger partial charge is 0.362 e. The molecule has 0 amide bonds. The fourth-order valence-electron chi connectivity index (χ4n) is 1.75. The minimum Gasteiger partial charge on any atom is -0.362 e. The lowest BCUT2D eigenvalue weighted by molar-refractivity contribution is -0.138. The number of nitrogens with zero attached hydrogens (tertiary/aromatic N) is 1. The molecule has 0 spiro atoms. The van der Waals surface area contributed by atoms with Crippen LogP contribution in [0.1, 0.15) is 24.2 Å². The molecular formula is C13H14ClNO3. The standard InChI is InChI=1S/C13H14ClNO3/c1-3-17-13-8(2)11(15-18-13)12(16)9-4-6-10(14)7-5-9/h4-8,13H,3H2,1-2H3. The summed E-state index contributed by atoms with van der Waals surface area (Å²) in [4.78, 5) is 17.3. The number of carbonyl (C=O) groups excluding carboxylic acids is 1. The number of benzene rings is 1. The Morgan fingerprint density at radius 3 is 2.72 bits per heavy atom. The maximum Gasteiger partial charge on any atom is 0.235 e. The smallest absolute Gasteiger partial charge is 0.235 e. The van der Waals surface area contributed by atoms with Crippen molar-refractivity contribution in [3.63, 3.8) is 0 Å². The Hall–Kier alpha value is -1.39. The highest BCUT2D eigenvalue weighted by Gasteiger charge is 2.35. The highest BCUT2D eigenvalue weighted by molar-refractivity contribution is 6.46. The van der Waals surface area contributed by atoms with E-state index in [0.717, 1.165) is 0 Å². The fourth-order valence-corrected chi connectivity index (χ4v) is 1.87. The van der Waals surface area contributed by atoms with Crippen LogP contribution in [0.4, 0.5) is 0 Å². The topological polar surface area (TPSA) is 47.9 Å². The molecule has 0 saturated heterocycles. The Labute approximate surface area is 111 Å². The molecule has 0 aromatic heterocycles. The van der Waals surface area contributed by atoms with Gasteiger partial charge in [0.2, 0.25) is 12.1 Å². The third-order valence-corrected chi connectivity index (χ3v) is 3.02. The minimum absolute atomic E-state index is 0.152. The van der Waals surface area contributed by atoms with E-state index in [-0.39, 0.29) is 11.7 Å². The van der Waals surface area contributed by atoms with E-state index in [1.807, 2.05) is 13.8 Å². The molecular weight excluding hydrogens is 254 g/mol. The van der Waals surface area contributed by atoms with Gasteiger partial charge < -0.3 is 9.57 Å². The Morgan fingerprint density at radius 2 is 2.11 bits per heavy atom. The van der Waals surface area contributed by atoms with Crippen molar-refractivity contribution in [2.75, 3.05) is 6.61 Å². The summed E-state index contributed by atoms with van der Waals surface area (Å²) in [5.41, 5.74) is 0.932. The normalized spacial score (nSPS) is 22.5. The predicted octanol–water partition coefficient (Wildman–Crippen LogP) is 2.91. The van der Waals surface area contributed by atoms with Gasteiger partial charge in [-0.2, -0.15) is 0 Å². The average Bonchev–Trinajstić information content (AvgIpc) is 2.72. The van der Waals surface area contributed by atoms with Gasteiger partial charge in [0, 0.05) is 17.2 Å². The van der Waals surface area contributed by atoms with Gasteiger partial charge in [-0.3, -0.25) is 4.79 Å². The first-order valence-electron chi connectivity index (χ1n) is 5.79. The Morgan fingerprint density at radius 1 is 1.44 bits per heavy atom. The van der Waals surface area contributed by atoms with Gasteiger partial charge in [-0.05, 0) is 31.2 Å². The van der Waals surface area contributed by atoms with Crippen molar-refractivity contribution in [3.05, 3.63) is 34.9 Å². The van der Waals surface area contributed by atoms with Crippen LogP contribution in [0.2, 0.25) is 5.02 Å². The van der Waals surface area contributed by atoms with Crippen LogP contribution in [-0.4, -0.2) is 24.4 Å². The number of ether oxygens (including phenoxy) is 1. The highest BCUT2D eigenvalue weighted by Crippen LogP contribution is 2.22. The lowest BCUT2D eigenvalue weighted by atomic mass is 9.97. The average molecular weight is 268 g/mol. The van der Waals surface area contributed by atoms with Crippen LogP contribution in [0, 0.1) is 5.92 Å². The van der Waals surface area contributed by atoms with E-state index < -0.39 is 6.29 Å². The molecule has 18 heavy (non-hydrogen) atoms. The molecule has 2 atom stereocenters. The number of oxime groups is 1. The van der Waals surface area contributed by atoms with Gasteiger partial charge in [0.1, 0.15) is 5.71 Å². The van der Waals surface area contributed by atoms with Crippen molar-refractivity contribution in [1.82, 2.24) is 0 Å². The monoisotopic (exact) mass is 267 g/mol. The van der Waals surface area contributed by atoms with E-state index in [0.29, 0.717) is 22.9 Å². The second-order valence-electron chi connectivity index (χ2n) is 4.03. The third kappa shape index (κ3) is 2.54. The number of halogens is 1. The second kappa shape index (κ2) is 5.50. The van der Waals surface area contributed by atoms with Crippen LogP contribution >= 0.6 is 11.6 Å². The molecule has 5 heteroatoms. The molecule has 0 saturated carbocycles. The molecule has 0 N–H and O–H groups in total. The number of Topliss-reactive ketones (excluding diaryl/α,β-unsaturated/α-hetero) is 1. The van der Waals surface area contributed by atoms with Gasteiger partial charge >= 0.3 is 0 Å². The van der Waals surface area contributed by atoms with Gasteiger partial charge in [0.15, 0.2) is 0 Å². The summed E-state index contributed by atoms with van der Waals surface area (Å²) in [5.74, 6) is -0.325. The van der Waals surface area contributed by atoms with Crippen LogP contribution in [-0.2, 0) is 9.57 Å². The summed E-state index contributed by atoms with van der Waals surface area (Å²) >= 11 is 5.78. The van der Waals surface area contributed by atoms with Crippen molar-refractivity contribution >= 4 is 23.1 Å². The van der Waals surface area contributed by atoms with Crippen molar-refractivity contribution in [2.45, 2.75) is 20.1 Å². The zero-order valence-electron chi connectivity index (χ0n) is 10.2. The van der Waals surface area contributed by atoms with Crippen molar-refractivity contribution in [1.29, 1.82) is 0 Å². The van der Waals surface area contributed by atoms with E-state index in [2.05, 4.69) is 5.16 Å². The van der Waals surface area contributed by atoms with Crippen molar-refractivity contribution < 1.29 is 14.4 Å². The molecule has 2 unspecified atom stereocenters. The molecule has 1 aromatic rings. The molecule has 2 rings (SSSR count). The predicted molar refractivity (Wildman–Crippen MR) is 68.9 cm³/mol. The van der Waals surface area contributed by atoms with E-state index >= 15 is 0 Å². The zero-order valence-corrected chi connectivity index (χ0v) is 11.0. The Kier molecular flexibility index (Phi) is 3.99. The van der Waals surface area contributed by atoms with Crippen LogP contribution in [0.15, 0.2) is 29.4 Å². The van der Waals surface area contributed by atoms with Crippen LogP contribution in [0.5, 0.6) is 0 Å². The summed E-state index contributed by atoms with van der Waals surface area (Å²) in [6, 6.07) is 6.70. The molecule has 1 aliphatic heterocycles. The number of ketones is 1. The second-order valence-corrected chi connectivity index (χ2v) is 4.47. The molecule has 0 radical (unpaired) electrons. The summed E-state index contributed by atoms with van der Waals surface area (Å²) in [6.45, 7) is 4.25. The quantitative estimate of drug-likeness (QED) is 0.788. The first kappa shape index (κ1) is 13.1. The maximum atomic E-state index is 12.2.